The Balaban J connectivity index is 3.03. The Labute approximate surface area is 74.4 Å². The van der Waals surface area contributed by atoms with Gasteiger partial charge in [0.05, 0.1) is 5.69 Å². The van der Waals surface area contributed by atoms with Gasteiger partial charge in [-0.1, -0.05) is 0 Å². The molecule has 1 N–H and O–H groups in total. The van der Waals surface area contributed by atoms with Crippen LogP contribution in [0, 0.1) is 13.8 Å². The van der Waals surface area contributed by atoms with Crippen LogP contribution in [0.25, 0.3) is 11.2 Å². The van der Waals surface area contributed by atoms with E-state index in [1.807, 2.05) is 13.8 Å². The molecule has 0 atom stereocenters. The van der Waals surface area contributed by atoms with Gasteiger partial charge < -0.3 is 4.98 Å². The summed E-state index contributed by atoms with van der Waals surface area (Å²) in [6.45, 7) is 3.66. The summed E-state index contributed by atoms with van der Waals surface area (Å²) in [4.78, 5) is 22.3. The maximum Gasteiger partial charge on any atom is 0.327 e. The summed E-state index contributed by atoms with van der Waals surface area (Å²) in [6, 6.07) is 0. The summed E-state index contributed by atoms with van der Waals surface area (Å²) in [5.41, 5.74) is 2.03. The van der Waals surface area contributed by atoms with Crippen LogP contribution in [0.15, 0.2) is 4.79 Å². The smallest absolute Gasteiger partial charge is 0.303 e. The average molecular weight is 178 g/mol. The zero-order valence-corrected chi connectivity index (χ0v) is 7.75. The average Bonchev–Trinajstić information content (AvgIpc) is 2.32. The summed E-state index contributed by atoms with van der Waals surface area (Å²) < 4.78 is 1.48. The molecule has 0 aliphatic carbocycles. The van der Waals surface area contributed by atoms with Crippen LogP contribution in [0.1, 0.15) is 11.5 Å². The van der Waals surface area contributed by atoms with E-state index in [9.17, 15) is 4.79 Å². The van der Waals surface area contributed by atoms with Gasteiger partial charge in [0.25, 0.3) is 0 Å². The number of H-pyrrole nitrogens is 1. The molecule has 0 radical (unpaired) electrons. The summed E-state index contributed by atoms with van der Waals surface area (Å²) in [7, 11) is 1.69. The molecule has 0 bridgehead atoms. The minimum atomic E-state index is -0.155. The van der Waals surface area contributed by atoms with Gasteiger partial charge in [-0.2, -0.15) is 0 Å². The lowest BCUT2D eigenvalue weighted by Crippen LogP contribution is -2.12. The van der Waals surface area contributed by atoms with Crippen molar-refractivity contribution in [1.82, 2.24) is 19.5 Å². The molecule has 2 aromatic rings. The highest BCUT2D eigenvalue weighted by Gasteiger charge is 2.07. The maximum atomic E-state index is 11.2. The largest absolute Gasteiger partial charge is 0.327 e. The Bertz CT molecular complexity index is 523. The first-order valence-corrected chi connectivity index (χ1v) is 3.99. The van der Waals surface area contributed by atoms with Crippen LogP contribution in [-0.2, 0) is 7.05 Å². The van der Waals surface area contributed by atoms with Crippen LogP contribution in [0.3, 0.4) is 0 Å². The van der Waals surface area contributed by atoms with E-state index in [1.54, 1.807) is 7.05 Å². The lowest BCUT2D eigenvalue weighted by molar-refractivity contribution is 0.872. The number of fused-ring (bicyclic) bond motifs is 1. The van der Waals surface area contributed by atoms with E-state index in [0.29, 0.717) is 11.5 Å². The topological polar surface area (TPSA) is 63.6 Å². The Morgan fingerprint density at radius 3 is 2.69 bits per heavy atom. The highest BCUT2D eigenvalue weighted by atomic mass is 16.1. The molecule has 68 valence electrons. The van der Waals surface area contributed by atoms with E-state index in [4.69, 9.17) is 0 Å². The number of hydrogen-bond donors (Lipinski definition) is 1. The first-order valence-electron chi connectivity index (χ1n) is 3.99. The van der Waals surface area contributed by atoms with E-state index in [0.717, 1.165) is 11.2 Å². The quantitative estimate of drug-likeness (QED) is 0.630. The lowest BCUT2D eigenvalue weighted by Gasteiger charge is -1.97. The van der Waals surface area contributed by atoms with Crippen molar-refractivity contribution in [1.29, 1.82) is 0 Å². The van der Waals surface area contributed by atoms with E-state index in [-0.39, 0.29) is 5.69 Å². The molecule has 2 rings (SSSR count). The fourth-order valence-electron chi connectivity index (χ4n) is 1.37. The minimum Gasteiger partial charge on any atom is -0.303 e. The zero-order chi connectivity index (χ0) is 9.59. The number of aromatic nitrogens is 4. The third kappa shape index (κ3) is 1.04. The molecular weight excluding hydrogens is 168 g/mol. The summed E-state index contributed by atoms with van der Waals surface area (Å²) >= 11 is 0. The Kier molecular flexibility index (Phi) is 1.48. The number of aromatic amines is 1. The predicted octanol–water partition coefficient (Wildman–Crippen LogP) is 0.273. The highest BCUT2D eigenvalue weighted by Crippen LogP contribution is 2.09. The Morgan fingerprint density at radius 1 is 1.31 bits per heavy atom. The number of rotatable bonds is 0. The number of nitrogens with zero attached hydrogens (tertiary/aromatic N) is 3. The van der Waals surface area contributed by atoms with E-state index in [2.05, 4.69) is 15.0 Å². The fourth-order valence-corrected chi connectivity index (χ4v) is 1.37. The molecule has 2 aromatic heterocycles. The van der Waals surface area contributed by atoms with Crippen LogP contribution in [0.2, 0.25) is 0 Å². The van der Waals surface area contributed by atoms with E-state index in [1.165, 1.54) is 4.57 Å². The van der Waals surface area contributed by atoms with Gasteiger partial charge in [0.15, 0.2) is 5.65 Å². The van der Waals surface area contributed by atoms with Crippen molar-refractivity contribution in [2.45, 2.75) is 13.8 Å². The highest BCUT2D eigenvalue weighted by molar-refractivity contribution is 5.72. The number of hydrogen-bond acceptors (Lipinski definition) is 3. The van der Waals surface area contributed by atoms with Gasteiger partial charge in [0, 0.05) is 7.05 Å². The SMILES string of the molecule is Cc1nc(C)c2[nH]c(=O)n(C)c2n1. The van der Waals surface area contributed by atoms with Crippen LogP contribution < -0.4 is 5.69 Å². The maximum absolute atomic E-state index is 11.2. The summed E-state index contributed by atoms with van der Waals surface area (Å²) in [6.07, 6.45) is 0. The molecule has 0 aromatic carbocycles. The number of nitrogens with one attached hydrogen (secondary N) is 1. The van der Waals surface area contributed by atoms with Gasteiger partial charge in [-0.25, -0.2) is 14.8 Å². The van der Waals surface area contributed by atoms with Crippen molar-refractivity contribution < 1.29 is 0 Å². The predicted molar refractivity (Wildman–Crippen MR) is 48.6 cm³/mol. The standard InChI is InChI=1S/C8H10N4O/c1-4-6-7(10-5(2)9-4)12(3)8(13)11-6/h1-3H3,(H,11,13). The molecule has 0 fully saturated rings. The first kappa shape index (κ1) is 7.97. The van der Waals surface area contributed by atoms with Crippen molar-refractivity contribution in [2.24, 2.45) is 7.05 Å². The minimum absolute atomic E-state index is 0.155. The molecular formula is C8H10N4O. The van der Waals surface area contributed by atoms with Crippen molar-refractivity contribution in [2.75, 3.05) is 0 Å². The van der Waals surface area contributed by atoms with E-state index >= 15 is 0 Å². The number of aryl methyl sites for hydroxylation is 3. The van der Waals surface area contributed by atoms with Crippen molar-refractivity contribution in [3.63, 3.8) is 0 Å². The van der Waals surface area contributed by atoms with Crippen molar-refractivity contribution >= 4 is 11.2 Å². The first-order chi connectivity index (χ1) is 6.09. The molecule has 2 heterocycles. The van der Waals surface area contributed by atoms with Gasteiger partial charge in [-0.05, 0) is 13.8 Å². The number of imidazole rings is 1. The Hall–Kier alpha value is -1.65. The second kappa shape index (κ2) is 2.42. The van der Waals surface area contributed by atoms with Crippen LogP contribution in [-0.4, -0.2) is 19.5 Å². The zero-order valence-electron chi connectivity index (χ0n) is 7.75. The molecule has 13 heavy (non-hydrogen) atoms. The third-order valence-corrected chi connectivity index (χ3v) is 2.04. The van der Waals surface area contributed by atoms with Crippen LogP contribution >= 0.6 is 0 Å². The van der Waals surface area contributed by atoms with Gasteiger partial charge >= 0.3 is 5.69 Å². The molecule has 5 nitrogen and oxygen atoms in total. The van der Waals surface area contributed by atoms with Gasteiger partial charge in [-0.15, -0.1) is 0 Å². The molecule has 0 saturated heterocycles. The van der Waals surface area contributed by atoms with Crippen molar-refractivity contribution in [3.8, 4) is 0 Å². The summed E-state index contributed by atoms with van der Waals surface area (Å²) in [5, 5.41) is 0. The van der Waals surface area contributed by atoms with Crippen LogP contribution in [0.5, 0.6) is 0 Å². The summed E-state index contributed by atoms with van der Waals surface area (Å²) in [5.74, 6) is 0.680. The normalized spacial score (nSPS) is 11.0. The Morgan fingerprint density at radius 2 is 2.00 bits per heavy atom. The second-order valence-corrected chi connectivity index (χ2v) is 3.04. The monoisotopic (exact) mass is 178 g/mol. The molecule has 5 heteroatoms. The molecule has 0 saturated carbocycles. The molecule has 0 amide bonds. The van der Waals surface area contributed by atoms with Crippen molar-refractivity contribution in [3.05, 3.63) is 22.0 Å². The molecule has 0 unspecified atom stereocenters. The van der Waals surface area contributed by atoms with Gasteiger partial charge in [0.2, 0.25) is 0 Å². The van der Waals surface area contributed by atoms with Gasteiger partial charge in [-0.3, -0.25) is 4.57 Å². The molecule has 0 spiro atoms. The fraction of sp³-hybridized carbons (Fsp3) is 0.375. The molecule has 0 aliphatic heterocycles. The van der Waals surface area contributed by atoms with Gasteiger partial charge in [0.1, 0.15) is 11.3 Å². The third-order valence-electron chi connectivity index (χ3n) is 2.04. The lowest BCUT2D eigenvalue weighted by atomic mass is 10.4. The van der Waals surface area contributed by atoms with E-state index < -0.39 is 0 Å². The van der Waals surface area contributed by atoms with Crippen LogP contribution in [0.4, 0.5) is 0 Å². The molecule has 0 aliphatic rings. The second-order valence-electron chi connectivity index (χ2n) is 3.04.